The molecule has 2 rings (SSSR count). The molecule has 0 spiro atoms. The van der Waals surface area contributed by atoms with Gasteiger partial charge in [-0.2, -0.15) is 26.3 Å². The number of halogens is 7. The van der Waals surface area contributed by atoms with E-state index in [-0.39, 0.29) is 43.9 Å². The maximum absolute atomic E-state index is 13.6. The predicted molar refractivity (Wildman–Crippen MR) is 119 cm³/mol. The molecule has 0 aromatic heterocycles. The van der Waals surface area contributed by atoms with E-state index in [0.29, 0.717) is 11.1 Å². The number of benzene rings is 2. The van der Waals surface area contributed by atoms with Crippen molar-refractivity contribution in [3.63, 3.8) is 0 Å². The molecule has 2 aromatic carbocycles. The Morgan fingerprint density at radius 1 is 1.00 bits per heavy atom. The first-order valence-corrected chi connectivity index (χ1v) is 11.6. The number of nitrogens with two attached hydrogens (primary N) is 1. The summed E-state index contributed by atoms with van der Waals surface area (Å²) in [5, 5.41) is 9.34. The van der Waals surface area contributed by atoms with Crippen molar-refractivity contribution in [2.45, 2.75) is 43.6 Å². The highest BCUT2D eigenvalue weighted by Gasteiger charge is 2.35. The molecule has 0 amide bonds. The van der Waals surface area contributed by atoms with Crippen LogP contribution in [0.5, 0.6) is 5.75 Å². The Bertz CT molecular complexity index is 1000. The lowest BCUT2D eigenvalue weighted by molar-refractivity contribution is -0.139. The topological polar surface area (TPSA) is 81.8 Å². The fourth-order valence-corrected chi connectivity index (χ4v) is 3.84. The van der Waals surface area contributed by atoms with Gasteiger partial charge in [0.25, 0.3) is 0 Å². The number of aryl methyl sites for hydroxylation is 2. The van der Waals surface area contributed by atoms with Gasteiger partial charge < -0.3 is 15.6 Å². The van der Waals surface area contributed by atoms with Gasteiger partial charge >= 0.3 is 21.0 Å². The van der Waals surface area contributed by atoms with E-state index < -0.39 is 50.1 Å². The Balaban J connectivity index is 2.02. The van der Waals surface area contributed by atoms with Crippen LogP contribution in [0.15, 0.2) is 36.4 Å². The standard InChI is InChI=1S/C22H24ClF6NO4P/c23-18-11-16(21(24,25)26)5-4-15(18)2-1-9-33-19-6-3-14(10-17(19)22(27,28)29)7-8-20(30,12-31)13-34-35-32/h3-6,10-11,31,35H,1-2,7-9,12-13,30H2/q+1. The van der Waals surface area contributed by atoms with Crippen LogP contribution < -0.4 is 10.5 Å². The zero-order chi connectivity index (χ0) is 26.3. The van der Waals surface area contributed by atoms with Crippen molar-refractivity contribution < 1.29 is 45.3 Å². The smallest absolute Gasteiger partial charge is 0.493 e. The summed E-state index contributed by atoms with van der Waals surface area (Å²) in [6, 6.07) is 6.46. The molecule has 3 N–H and O–H groups in total. The Labute approximate surface area is 204 Å². The average molecular weight is 547 g/mol. The normalized spacial score (nSPS) is 14.2. The molecule has 0 aliphatic rings. The molecule has 0 radical (unpaired) electrons. The molecule has 0 aliphatic heterocycles. The van der Waals surface area contributed by atoms with E-state index in [1.54, 1.807) is 0 Å². The highest BCUT2D eigenvalue weighted by Crippen LogP contribution is 2.37. The second-order valence-electron chi connectivity index (χ2n) is 7.98. The monoisotopic (exact) mass is 546 g/mol. The summed E-state index contributed by atoms with van der Waals surface area (Å²) in [4.78, 5) is 0. The molecule has 5 nitrogen and oxygen atoms in total. The summed E-state index contributed by atoms with van der Waals surface area (Å²) >= 11 is 5.90. The number of ether oxygens (including phenoxy) is 1. The summed E-state index contributed by atoms with van der Waals surface area (Å²) in [6.45, 7) is -0.848. The Hall–Kier alpha value is -1.91. The summed E-state index contributed by atoms with van der Waals surface area (Å²) in [5.74, 6) is -0.392. The van der Waals surface area contributed by atoms with Crippen molar-refractivity contribution in [3.8, 4) is 5.75 Å². The molecule has 0 fully saturated rings. The van der Waals surface area contributed by atoms with E-state index >= 15 is 0 Å². The molecule has 0 bridgehead atoms. The highest BCUT2D eigenvalue weighted by atomic mass is 35.5. The average Bonchev–Trinajstić information content (AvgIpc) is 2.79. The van der Waals surface area contributed by atoms with Crippen LogP contribution in [0.4, 0.5) is 26.3 Å². The van der Waals surface area contributed by atoms with Crippen LogP contribution in [0.3, 0.4) is 0 Å². The van der Waals surface area contributed by atoms with Crippen molar-refractivity contribution in [2.24, 2.45) is 5.73 Å². The van der Waals surface area contributed by atoms with E-state index in [9.17, 15) is 36.0 Å². The van der Waals surface area contributed by atoms with Crippen molar-refractivity contribution in [1.82, 2.24) is 0 Å². The number of aliphatic hydroxyl groups excluding tert-OH is 1. The predicted octanol–water partition coefficient (Wildman–Crippen LogP) is 5.97. The fourth-order valence-electron chi connectivity index (χ4n) is 3.21. The zero-order valence-corrected chi connectivity index (χ0v) is 20.1. The van der Waals surface area contributed by atoms with E-state index in [4.69, 9.17) is 26.6 Å². The Kier molecular flexibility index (Phi) is 10.4. The SMILES string of the molecule is NC(CO)(CCc1ccc(OCCCc2ccc(C(F)(F)F)cc2Cl)c(C(F)(F)F)c1)CO[PH+]=O. The molecular formula is C22H24ClF6NO4P+. The number of hydrogen-bond donors (Lipinski definition) is 2. The van der Waals surface area contributed by atoms with Gasteiger partial charge in [0, 0.05) is 5.02 Å². The van der Waals surface area contributed by atoms with E-state index in [2.05, 4.69) is 0 Å². The van der Waals surface area contributed by atoms with Crippen LogP contribution in [0.1, 0.15) is 35.1 Å². The maximum Gasteiger partial charge on any atom is 0.494 e. The second-order valence-corrected chi connectivity index (χ2v) is 8.84. The summed E-state index contributed by atoms with van der Waals surface area (Å²) < 4.78 is 99.5. The highest BCUT2D eigenvalue weighted by molar-refractivity contribution is 7.17. The van der Waals surface area contributed by atoms with Gasteiger partial charge in [0.1, 0.15) is 12.4 Å². The molecule has 35 heavy (non-hydrogen) atoms. The van der Waals surface area contributed by atoms with E-state index in [1.807, 2.05) is 0 Å². The lowest BCUT2D eigenvalue weighted by Gasteiger charge is -2.24. The van der Waals surface area contributed by atoms with Crippen molar-refractivity contribution in [3.05, 3.63) is 63.7 Å². The van der Waals surface area contributed by atoms with Gasteiger partial charge in [-0.25, -0.2) is 0 Å². The number of alkyl halides is 6. The summed E-state index contributed by atoms with van der Waals surface area (Å²) in [7, 11) is -1.08. The Morgan fingerprint density at radius 2 is 1.71 bits per heavy atom. The summed E-state index contributed by atoms with van der Waals surface area (Å²) in [6.07, 6.45) is -8.62. The van der Waals surface area contributed by atoms with Gasteiger partial charge in [-0.1, -0.05) is 23.7 Å². The molecule has 0 heterocycles. The molecule has 2 aromatic rings. The van der Waals surface area contributed by atoms with Gasteiger partial charge in [-0.15, -0.1) is 4.52 Å². The lowest BCUT2D eigenvalue weighted by atomic mass is 9.93. The van der Waals surface area contributed by atoms with E-state index in [1.165, 1.54) is 18.2 Å². The summed E-state index contributed by atoms with van der Waals surface area (Å²) in [5.41, 5.74) is 3.51. The van der Waals surface area contributed by atoms with Gasteiger partial charge in [-0.3, -0.25) is 0 Å². The van der Waals surface area contributed by atoms with Crippen LogP contribution in [-0.2, 0) is 34.3 Å². The number of rotatable bonds is 12. The van der Waals surface area contributed by atoms with Crippen LogP contribution in [0.25, 0.3) is 0 Å². The molecule has 0 aliphatic carbocycles. The Morgan fingerprint density at radius 3 is 2.29 bits per heavy atom. The number of aliphatic hydroxyl groups is 1. The van der Waals surface area contributed by atoms with Gasteiger partial charge in [0.15, 0.2) is 0 Å². The van der Waals surface area contributed by atoms with Crippen molar-refractivity contribution in [2.75, 3.05) is 19.8 Å². The minimum Gasteiger partial charge on any atom is -0.493 e. The third-order valence-corrected chi connectivity index (χ3v) is 5.84. The van der Waals surface area contributed by atoms with Crippen molar-refractivity contribution in [1.29, 1.82) is 0 Å². The molecule has 2 unspecified atom stereocenters. The fraction of sp³-hybridized carbons (Fsp3) is 0.455. The minimum atomic E-state index is -4.70. The van der Waals surface area contributed by atoms with Crippen LogP contribution in [0.2, 0.25) is 5.02 Å². The molecule has 194 valence electrons. The van der Waals surface area contributed by atoms with Gasteiger partial charge in [0.2, 0.25) is 0 Å². The van der Waals surface area contributed by atoms with Crippen LogP contribution in [-0.4, -0.2) is 30.5 Å². The minimum absolute atomic E-state index is 0.0827. The molecule has 2 atom stereocenters. The first-order valence-electron chi connectivity index (χ1n) is 10.4. The zero-order valence-electron chi connectivity index (χ0n) is 18.3. The third-order valence-electron chi connectivity index (χ3n) is 5.22. The third kappa shape index (κ3) is 8.91. The maximum atomic E-state index is 13.6. The van der Waals surface area contributed by atoms with Crippen molar-refractivity contribution >= 4 is 20.3 Å². The first kappa shape index (κ1) is 29.3. The first-order chi connectivity index (χ1) is 16.3. The lowest BCUT2D eigenvalue weighted by Crippen LogP contribution is -2.47. The van der Waals surface area contributed by atoms with E-state index in [0.717, 1.165) is 18.2 Å². The van der Waals surface area contributed by atoms with Crippen LogP contribution >= 0.6 is 20.3 Å². The second kappa shape index (κ2) is 12.4. The largest absolute Gasteiger partial charge is 0.494 e. The van der Waals surface area contributed by atoms with Gasteiger partial charge in [0.05, 0.1) is 29.9 Å². The number of hydrogen-bond acceptors (Lipinski definition) is 5. The molecule has 13 heteroatoms. The van der Waals surface area contributed by atoms with Crippen LogP contribution in [0, 0.1) is 0 Å². The van der Waals surface area contributed by atoms with Gasteiger partial charge in [-0.05, 0) is 65.6 Å². The molecule has 0 saturated heterocycles. The molecule has 0 saturated carbocycles. The quantitative estimate of drug-likeness (QED) is 0.195. The molecular weight excluding hydrogens is 523 g/mol.